The molecule has 6 nitrogen and oxygen atoms in total. The third-order valence-electron chi connectivity index (χ3n) is 3.15. The highest BCUT2D eigenvalue weighted by molar-refractivity contribution is 7.19. The number of aromatic nitrogens is 2. The van der Waals surface area contributed by atoms with E-state index in [1.54, 1.807) is 35.6 Å². The first-order valence-corrected chi connectivity index (χ1v) is 8.85. The lowest BCUT2D eigenvalue weighted by atomic mass is 10.1. The Balaban J connectivity index is 1.53. The Morgan fingerprint density at radius 1 is 1.17 bits per heavy atom. The SMILES string of the molecule is N#Cc1ccc(C(=O)Nc2nnc(NCCc3cccs3)s2)cc1. The molecule has 0 saturated carbocycles. The maximum Gasteiger partial charge on any atom is 0.257 e. The second-order valence-corrected chi connectivity index (χ2v) is 6.82. The van der Waals surface area contributed by atoms with E-state index >= 15 is 0 Å². The van der Waals surface area contributed by atoms with Gasteiger partial charge in [0.25, 0.3) is 5.91 Å². The maximum absolute atomic E-state index is 12.1. The van der Waals surface area contributed by atoms with Crippen molar-refractivity contribution in [3.8, 4) is 6.07 Å². The molecular weight excluding hydrogens is 342 g/mol. The summed E-state index contributed by atoms with van der Waals surface area (Å²) in [5.74, 6) is -0.277. The standard InChI is InChI=1S/C16H13N5OS2/c17-10-11-3-5-12(6-4-11)14(22)19-16-21-20-15(24-16)18-8-7-13-2-1-9-23-13/h1-6,9H,7-8H2,(H,18,20)(H,19,21,22). The smallest absolute Gasteiger partial charge is 0.257 e. The third kappa shape index (κ3) is 4.16. The molecule has 0 radical (unpaired) electrons. The Labute approximate surface area is 146 Å². The normalized spacial score (nSPS) is 10.1. The predicted octanol–water partition coefficient (Wildman–Crippen LogP) is 3.38. The minimum absolute atomic E-state index is 0.277. The van der Waals surface area contributed by atoms with Crippen LogP contribution in [0.5, 0.6) is 0 Å². The molecule has 0 spiro atoms. The number of thiophene rings is 1. The highest BCUT2D eigenvalue weighted by Gasteiger charge is 2.10. The van der Waals surface area contributed by atoms with Crippen molar-refractivity contribution in [2.24, 2.45) is 0 Å². The first-order chi connectivity index (χ1) is 11.7. The number of benzene rings is 1. The number of nitrogens with zero attached hydrogens (tertiary/aromatic N) is 3. The molecule has 0 fully saturated rings. The predicted molar refractivity (Wildman–Crippen MR) is 95.5 cm³/mol. The van der Waals surface area contributed by atoms with E-state index in [0.29, 0.717) is 21.4 Å². The van der Waals surface area contributed by atoms with E-state index in [9.17, 15) is 4.79 Å². The zero-order valence-corrected chi connectivity index (χ0v) is 14.2. The van der Waals surface area contributed by atoms with Crippen LogP contribution in [-0.4, -0.2) is 22.6 Å². The number of carbonyl (C=O) groups is 1. The lowest BCUT2D eigenvalue weighted by Gasteiger charge is -2.01. The summed E-state index contributed by atoms with van der Waals surface area (Å²) in [6.45, 7) is 0.763. The van der Waals surface area contributed by atoms with Crippen LogP contribution in [0.3, 0.4) is 0 Å². The molecule has 2 heterocycles. The van der Waals surface area contributed by atoms with Gasteiger partial charge in [-0.05, 0) is 42.1 Å². The first kappa shape index (κ1) is 16.1. The van der Waals surface area contributed by atoms with Crippen molar-refractivity contribution in [3.05, 3.63) is 57.8 Å². The summed E-state index contributed by atoms with van der Waals surface area (Å²) in [6, 6.07) is 12.6. The number of nitriles is 1. The summed E-state index contributed by atoms with van der Waals surface area (Å²) in [6.07, 6.45) is 0.921. The van der Waals surface area contributed by atoms with Gasteiger partial charge in [0, 0.05) is 17.0 Å². The van der Waals surface area contributed by atoms with Gasteiger partial charge >= 0.3 is 0 Å². The van der Waals surface area contributed by atoms with Gasteiger partial charge in [-0.3, -0.25) is 10.1 Å². The van der Waals surface area contributed by atoms with Crippen LogP contribution < -0.4 is 10.6 Å². The fraction of sp³-hybridized carbons (Fsp3) is 0.125. The van der Waals surface area contributed by atoms with E-state index in [4.69, 9.17) is 5.26 Å². The van der Waals surface area contributed by atoms with Crippen LogP contribution in [0.4, 0.5) is 10.3 Å². The molecule has 0 bridgehead atoms. The molecule has 2 aromatic heterocycles. The quantitative estimate of drug-likeness (QED) is 0.707. The Morgan fingerprint density at radius 3 is 2.67 bits per heavy atom. The van der Waals surface area contributed by atoms with Crippen molar-refractivity contribution in [2.45, 2.75) is 6.42 Å². The number of hydrogen-bond acceptors (Lipinski definition) is 7. The fourth-order valence-corrected chi connectivity index (χ4v) is 3.33. The molecule has 3 aromatic rings. The third-order valence-corrected chi connectivity index (χ3v) is 4.88. The van der Waals surface area contributed by atoms with Gasteiger partial charge in [0.1, 0.15) is 0 Å². The fourth-order valence-electron chi connectivity index (χ4n) is 1.96. The molecule has 0 unspecified atom stereocenters. The van der Waals surface area contributed by atoms with Gasteiger partial charge in [0.2, 0.25) is 10.3 Å². The largest absolute Gasteiger partial charge is 0.360 e. The van der Waals surface area contributed by atoms with Crippen molar-refractivity contribution in [1.82, 2.24) is 10.2 Å². The minimum atomic E-state index is -0.277. The molecule has 3 rings (SSSR count). The average molecular weight is 355 g/mol. The molecule has 1 amide bonds. The molecule has 0 aliphatic carbocycles. The summed E-state index contributed by atoms with van der Waals surface area (Å²) < 4.78 is 0. The summed E-state index contributed by atoms with van der Waals surface area (Å²) in [4.78, 5) is 13.4. The van der Waals surface area contributed by atoms with Gasteiger partial charge in [-0.15, -0.1) is 21.5 Å². The maximum atomic E-state index is 12.1. The van der Waals surface area contributed by atoms with Crippen molar-refractivity contribution in [2.75, 3.05) is 17.2 Å². The Bertz CT molecular complexity index is 849. The number of carbonyl (C=O) groups excluding carboxylic acids is 1. The van der Waals surface area contributed by atoms with Crippen LogP contribution in [0.2, 0.25) is 0 Å². The van der Waals surface area contributed by atoms with E-state index < -0.39 is 0 Å². The van der Waals surface area contributed by atoms with Crippen molar-refractivity contribution in [1.29, 1.82) is 5.26 Å². The zero-order valence-electron chi connectivity index (χ0n) is 12.5. The Hall–Kier alpha value is -2.76. The van der Waals surface area contributed by atoms with Gasteiger partial charge in [0.15, 0.2) is 0 Å². The van der Waals surface area contributed by atoms with Gasteiger partial charge in [0.05, 0.1) is 11.6 Å². The summed E-state index contributed by atoms with van der Waals surface area (Å²) in [5, 5.41) is 25.8. The van der Waals surface area contributed by atoms with Crippen molar-refractivity contribution < 1.29 is 4.79 Å². The van der Waals surface area contributed by atoms with Crippen LogP contribution >= 0.6 is 22.7 Å². The number of nitrogens with one attached hydrogen (secondary N) is 2. The number of rotatable bonds is 6. The highest BCUT2D eigenvalue weighted by atomic mass is 32.1. The van der Waals surface area contributed by atoms with Crippen molar-refractivity contribution >= 4 is 38.8 Å². The van der Waals surface area contributed by atoms with Crippen LogP contribution in [0.25, 0.3) is 0 Å². The van der Waals surface area contributed by atoms with Crippen LogP contribution in [-0.2, 0) is 6.42 Å². The van der Waals surface area contributed by atoms with Gasteiger partial charge in [-0.1, -0.05) is 17.4 Å². The van der Waals surface area contributed by atoms with E-state index in [1.165, 1.54) is 16.2 Å². The topological polar surface area (TPSA) is 90.7 Å². The van der Waals surface area contributed by atoms with Crippen LogP contribution in [0, 0.1) is 11.3 Å². The summed E-state index contributed by atoms with van der Waals surface area (Å²) in [5.41, 5.74) is 0.982. The molecular formula is C16H13N5OS2. The molecule has 0 aliphatic heterocycles. The molecule has 8 heteroatoms. The molecule has 2 N–H and O–H groups in total. The second kappa shape index (κ2) is 7.68. The van der Waals surface area contributed by atoms with E-state index in [1.807, 2.05) is 12.1 Å². The lowest BCUT2D eigenvalue weighted by molar-refractivity contribution is 0.102. The van der Waals surface area contributed by atoms with E-state index in [0.717, 1.165) is 13.0 Å². The minimum Gasteiger partial charge on any atom is -0.360 e. The number of amides is 1. The molecule has 120 valence electrons. The molecule has 1 aromatic carbocycles. The first-order valence-electron chi connectivity index (χ1n) is 7.16. The number of anilines is 2. The van der Waals surface area contributed by atoms with E-state index in [-0.39, 0.29) is 5.91 Å². The zero-order chi connectivity index (χ0) is 16.8. The van der Waals surface area contributed by atoms with Gasteiger partial charge in [-0.2, -0.15) is 5.26 Å². The summed E-state index contributed by atoms with van der Waals surface area (Å²) >= 11 is 3.01. The molecule has 24 heavy (non-hydrogen) atoms. The molecule has 0 saturated heterocycles. The monoisotopic (exact) mass is 355 g/mol. The lowest BCUT2D eigenvalue weighted by Crippen LogP contribution is -2.11. The second-order valence-electron chi connectivity index (χ2n) is 4.81. The average Bonchev–Trinajstić information content (AvgIpc) is 3.27. The molecule has 0 aliphatic rings. The van der Waals surface area contributed by atoms with Gasteiger partial charge in [-0.25, -0.2) is 0 Å². The molecule has 0 atom stereocenters. The van der Waals surface area contributed by atoms with Crippen molar-refractivity contribution in [3.63, 3.8) is 0 Å². The summed E-state index contributed by atoms with van der Waals surface area (Å²) in [7, 11) is 0. The van der Waals surface area contributed by atoms with Crippen LogP contribution in [0.1, 0.15) is 20.8 Å². The van der Waals surface area contributed by atoms with E-state index in [2.05, 4.69) is 32.3 Å². The Kier molecular flexibility index (Phi) is 5.15. The highest BCUT2D eigenvalue weighted by Crippen LogP contribution is 2.21. The van der Waals surface area contributed by atoms with Gasteiger partial charge < -0.3 is 5.32 Å². The van der Waals surface area contributed by atoms with Crippen LogP contribution in [0.15, 0.2) is 41.8 Å². The Morgan fingerprint density at radius 2 is 1.96 bits per heavy atom. The number of hydrogen-bond donors (Lipinski definition) is 2.